The zero-order valence-electron chi connectivity index (χ0n) is 15.0. The molecule has 0 aromatic carbocycles. The van der Waals surface area contributed by atoms with Gasteiger partial charge in [-0.2, -0.15) is 0 Å². The van der Waals surface area contributed by atoms with Gasteiger partial charge in [-0.1, -0.05) is 27.7 Å². The maximum Gasteiger partial charge on any atom is 0.308 e. The van der Waals surface area contributed by atoms with Crippen LogP contribution in [-0.2, 0) is 14.0 Å². The molecule has 0 aromatic heterocycles. The third kappa shape index (κ3) is 5.10. The van der Waals surface area contributed by atoms with Gasteiger partial charge in [0.2, 0.25) is 0 Å². The normalized spacial score (nSPS) is 25.5. The highest BCUT2D eigenvalue weighted by molar-refractivity contribution is 6.74. The zero-order valence-corrected chi connectivity index (χ0v) is 16.0. The third-order valence-electron chi connectivity index (χ3n) is 5.35. The molecule has 0 N–H and O–H groups in total. The first kappa shape index (κ1) is 18.7. The molecule has 3 nitrogen and oxygen atoms in total. The highest BCUT2D eigenvalue weighted by atomic mass is 28.4. The van der Waals surface area contributed by atoms with Gasteiger partial charge in [0.25, 0.3) is 0 Å². The van der Waals surface area contributed by atoms with Crippen molar-refractivity contribution in [1.29, 1.82) is 0 Å². The van der Waals surface area contributed by atoms with Crippen molar-refractivity contribution in [3.63, 3.8) is 0 Å². The molecule has 1 rings (SSSR count). The number of hydrogen-bond donors (Lipinski definition) is 0. The van der Waals surface area contributed by atoms with Gasteiger partial charge in [0.1, 0.15) is 0 Å². The molecule has 0 aromatic rings. The number of rotatable bonds is 5. The summed E-state index contributed by atoms with van der Waals surface area (Å²) >= 11 is 0. The van der Waals surface area contributed by atoms with Gasteiger partial charge in [-0.3, -0.25) is 4.79 Å². The van der Waals surface area contributed by atoms with Crippen LogP contribution in [0.4, 0.5) is 0 Å². The third-order valence-corrected chi connectivity index (χ3v) is 9.89. The highest BCUT2D eigenvalue weighted by Gasteiger charge is 2.40. The van der Waals surface area contributed by atoms with Crippen molar-refractivity contribution < 1.29 is 14.0 Å². The van der Waals surface area contributed by atoms with Gasteiger partial charge in [0.05, 0.1) is 12.5 Å². The summed E-state index contributed by atoms with van der Waals surface area (Å²) in [6, 6.07) is 0. The fourth-order valence-corrected chi connectivity index (χ4v) is 4.19. The molecule has 1 atom stereocenters. The second kappa shape index (κ2) is 7.27. The molecule has 1 saturated carbocycles. The maximum absolute atomic E-state index is 11.8. The van der Waals surface area contributed by atoms with Crippen molar-refractivity contribution >= 4 is 14.3 Å². The zero-order chi connectivity index (χ0) is 16.3. The summed E-state index contributed by atoms with van der Waals surface area (Å²) in [5.74, 6) is 0.452. The van der Waals surface area contributed by atoms with E-state index < -0.39 is 8.32 Å². The molecular weight excluding hydrogens is 280 g/mol. The van der Waals surface area contributed by atoms with Crippen LogP contribution >= 0.6 is 0 Å². The number of carbonyl (C=O) groups is 1. The Morgan fingerprint density at radius 2 is 1.71 bits per heavy atom. The Bertz CT molecular complexity index is 338. The minimum Gasteiger partial charge on any atom is -0.466 e. The summed E-state index contributed by atoms with van der Waals surface area (Å²) in [4.78, 5) is 11.8. The Hall–Kier alpha value is -0.353. The van der Waals surface area contributed by atoms with Gasteiger partial charge in [-0.15, -0.1) is 0 Å². The van der Waals surface area contributed by atoms with Gasteiger partial charge < -0.3 is 9.16 Å². The Balaban J connectivity index is 2.47. The maximum atomic E-state index is 11.8. The lowest BCUT2D eigenvalue weighted by atomic mass is 9.80. The number of ether oxygens (including phenoxy) is 1. The summed E-state index contributed by atoms with van der Waals surface area (Å²) in [7, 11) is -1.67. The molecule has 0 spiro atoms. The van der Waals surface area contributed by atoms with E-state index in [1.54, 1.807) is 0 Å². The van der Waals surface area contributed by atoms with Gasteiger partial charge in [-0.05, 0) is 56.7 Å². The first-order valence-electron chi connectivity index (χ1n) is 8.43. The van der Waals surface area contributed by atoms with Crippen LogP contribution in [0.25, 0.3) is 0 Å². The Labute approximate surface area is 131 Å². The van der Waals surface area contributed by atoms with E-state index in [1.807, 2.05) is 13.8 Å². The van der Waals surface area contributed by atoms with Crippen molar-refractivity contribution in [2.45, 2.75) is 84.5 Å². The highest BCUT2D eigenvalue weighted by Crippen LogP contribution is 2.40. The minimum atomic E-state index is -1.67. The topological polar surface area (TPSA) is 35.5 Å². The van der Waals surface area contributed by atoms with Crippen molar-refractivity contribution in [1.82, 2.24) is 0 Å². The van der Waals surface area contributed by atoms with Crippen LogP contribution in [0.3, 0.4) is 0 Å². The van der Waals surface area contributed by atoms with Gasteiger partial charge in [0, 0.05) is 6.10 Å². The molecule has 0 radical (unpaired) electrons. The molecule has 0 saturated heterocycles. The molecular formula is C17H34O3Si. The molecule has 21 heavy (non-hydrogen) atoms. The van der Waals surface area contributed by atoms with E-state index in [1.165, 1.54) is 0 Å². The van der Waals surface area contributed by atoms with E-state index >= 15 is 0 Å². The average molecular weight is 315 g/mol. The van der Waals surface area contributed by atoms with E-state index in [-0.39, 0.29) is 16.9 Å². The predicted molar refractivity (Wildman–Crippen MR) is 89.8 cm³/mol. The summed E-state index contributed by atoms with van der Waals surface area (Å²) in [6.45, 7) is 15.9. The molecule has 1 fully saturated rings. The van der Waals surface area contributed by atoms with Crippen molar-refractivity contribution in [3.8, 4) is 0 Å². The Kier molecular flexibility index (Phi) is 6.48. The summed E-state index contributed by atoms with van der Waals surface area (Å²) in [5, 5.41) is 0.266. The van der Waals surface area contributed by atoms with Gasteiger partial charge in [0.15, 0.2) is 8.32 Å². The predicted octanol–water partition coefficient (Wildman–Crippen LogP) is 4.77. The first-order valence-corrected chi connectivity index (χ1v) is 11.3. The van der Waals surface area contributed by atoms with Gasteiger partial charge >= 0.3 is 5.97 Å². The van der Waals surface area contributed by atoms with Crippen molar-refractivity contribution in [2.24, 2.45) is 11.8 Å². The minimum absolute atomic E-state index is 0.0266. The Morgan fingerprint density at radius 3 is 2.14 bits per heavy atom. The fraction of sp³-hybridized carbons (Fsp3) is 0.941. The second-order valence-electron chi connectivity index (χ2n) is 7.96. The van der Waals surface area contributed by atoms with E-state index in [9.17, 15) is 4.79 Å². The van der Waals surface area contributed by atoms with Crippen LogP contribution in [0.15, 0.2) is 0 Å². The monoisotopic (exact) mass is 314 g/mol. The summed E-state index contributed by atoms with van der Waals surface area (Å²) in [6.07, 6.45) is 4.72. The van der Waals surface area contributed by atoms with Crippen LogP contribution in [0.1, 0.15) is 60.3 Å². The molecule has 0 aliphatic heterocycles. The lowest BCUT2D eigenvalue weighted by molar-refractivity contribution is -0.150. The van der Waals surface area contributed by atoms with E-state index in [0.29, 0.717) is 18.6 Å². The molecule has 124 valence electrons. The molecule has 0 amide bonds. The number of carbonyl (C=O) groups excluding carboxylic acids is 1. The van der Waals surface area contributed by atoms with Crippen molar-refractivity contribution in [3.05, 3.63) is 0 Å². The van der Waals surface area contributed by atoms with E-state index in [4.69, 9.17) is 9.16 Å². The van der Waals surface area contributed by atoms with E-state index in [2.05, 4.69) is 33.9 Å². The van der Waals surface area contributed by atoms with E-state index in [0.717, 1.165) is 25.7 Å². The summed E-state index contributed by atoms with van der Waals surface area (Å²) in [5.41, 5.74) is 0. The van der Waals surface area contributed by atoms with Gasteiger partial charge in [-0.25, -0.2) is 0 Å². The van der Waals surface area contributed by atoms with Crippen LogP contribution in [0.2, 0.25) is 18.1 Å². The van der Waals surface area contributed by atoms with Crippen LogP contribution in [-0.4, -0.2) is 27.0 Å². The lowest BCUT2D eigenvalue weighted by Gasteiger charge is -2.41. The van der Waals surface area contributed by atoms with Crippen LogP contribution in [0, 0.1) is 11.8 Å². The lowest BCUT2D eigenvalue weighted by Crippen LogP contribution is -2.45. The average Bonchev–Trinajstić information content (AvgIpc) is 2.37. The molecule has 1 aliphatic carbocycles. The first-order chi connectivity index (χ1) is 9.58. The number of hydrogen-bond acceptors (Lipinski definition) is 3. The second-order valence-corrected chi connectivity index (χ2v) is 12.7. The largest absolute Gasteiger partial charge is 0.466 e. The molecule has 1 unspecified atom stereocenters. The summed E-state index contributed by atoms with van der Waals surface area (Å²) < 4.78 is 11.6. The molecule has 1 aliphatic rings. The van der Waals surface area contributed by atoms with Crippen molar-refractivity contribution in [2.75, 3.05) is 6.61 Å². The number of esters is 1. The standard InChI is InChI=1S/C17H34O3Si/c1-8-19-16(18)13(2)14-9-11-15(12-10-14)20-21(6,7)17(3,4)5/h13-15H,8-12H2,1-7H3. The molecule has 0 heterocycles. The fourth-order valence-electron chi connectivity index (χ4n) is 2.77. The Morgan fingerprint density at radius 1 is 1.19 bits per heavy atom. The SMILES string of the molecule is CCOC(=O)C(C)C1CCC(O[Si](C)(C)C(C)(C)C)CC1. The molecule has 4 heteroatoms. The quantitative estimate of drug-likeness (QED) is 0.542. The smallest absolute Gasteiger partial charge is 0.308 e. The molecule has 0 bridgehead atoms. The van der Waals surface area contributed by atoms with Crippen LogP contribution in [0.5, 0.6) is 0 Å². The van der Waals surface area contributed by atoms with Crippen LogP contribution < -0.4 is 0 Å².